The zero-order chi connectivity index (χ0) is 14.8. The topological polar surface area (TPSA) is 75.9 Å². The van der Waals surface area contributed by atoms with E-state index in [1.807, 2.05) is 6.92 Å². The molecule has 1 heterocycles. The monoisotopic (exact) mass is 289 g/mol. The molecule has 1 aromatic rings. The molecule has 1 aromatic heterocycles. The normalized spacial score (nSPS) is 16.9. The highest BCUT2D eigenvalue weighted by Gasteiger charge is 2.35. The van der Waals surface area contributed by atoms with Crippen LogP contribution in [0.25, 0.3) is 0 Å². The average molecular weight is 289 g/mol. The second-order valence-corrected chi connectivity index (χ2v) is 5.03. The number of nitrogen functional groups attached to an aromatic ring is 1. The number of hydrogen-bond donors (Lipinski definition) is 3. The summed E-state index contributed by atoms with van der Waals surface area (Å²) in [6.45, 7) is 1.99. The smallest absolute Gasteiger partial charge is 0.367 e. The molecule has 1 atom stereocenters. The maximum Gasteiger partial charge on any atom is 0.451 e. The van der Waals surface area contributed by atoms with Crippen LogP contribution >= 0.6 is 0 Å². The molecule has 2 rings (SSSR count). The summed E-state index contributed by atoms with van der Waals surface area (Å²) in [6.07, 6.45) is -0.418. The number of nitrogens with one attached hydrogen (secondary N) is 2. The van der Waals surface area contributed by atoms with Crippen molar-refractivity contribution < 1.29 is 13.2 Å². The van der Waals surface area contributed by atoms with Crippen LogP contribution in [-0.4, -0.2) is 16.0 Å². The Hall–Kier alpha value is -1.57. The number of halogens is 3. The van der Waals surface area contributed by atoms with E-state index < -0.39 is 12.0 Å². The lowest BCUT2D eigenvalue weighted by molar-refractivity contribution is -0.144. The molecule has 0 bridgehead atoms. The molecule has 0 aromatic carbocycles. The minimum atomic E-state index is -4.60. The lowest BCUT2D eigenvalue weighted by Crippen LogP contribution is -2.22. The average Bonchev–Trinajstić information content (AvgIpc) is 3.20. The molecule has 1 unspecified atom stereocenters. The number of anilines is 2. The molecule has 1 saturated carbocycles. The van der Waals surface area contributed by atoms with Gasteiger partial charge in [0.25, 0.3) is 0 Å². The zero-order valence-corrected chi connectivity index (χ0v) is 11.2. The molecule has 0 spiro atoms. The van der Waals surface area contributed by atoms with Crippen molar-refractivity contribution in [2.45, 2.75) is 44.8 Å². The highest BCUT2D eigenvalue weighted by Crippen LogP contribution is 2.35. The summed E-state index contributed by atoms with van der Waals surface area (Å²) in [5, 5.41) is 3.04. The molecule has 5 nitrogen and oxygen atoms in total. The van der Waals surface area contributed by atoms with Crippen LogP contribution in [0.15, 0.2) is 6.07 Å². The summed E-state index contributed by atoms with van der Waals surface area (Å²) in [4.78, 5) is 6.84. The van der Waals surface area contributed by atoms with Gasteiger partial charge in [0.2, 0.25) is 5.82 Å². The summed E-state index contributed by atoms with van der Waals surface area (Å²) in [5.74, 6) is 4.72. The summed E-state index contributed by atoms with van der Waals surface area (Å²) in [5.41, 5.74) is 2.13. The van der Waals surface area contributed by atoms with Crippen molar-refractivity contribution in [1.82, 2.24) is 9.97 Å². The van der Waals surface area contributed by atoms with E-state index in [2.05, 4.69) is 20.7 Å². The van der Waals surface area contributed by atoms with Gasteiger partial charge < -0.3 is 10.7 Å². The predicted octanol–water partition coefficient (Wildman–Crippen LogP) is 2.77. The van der Waals surface area contributed by atoms with E-state index in [4.69, 9.17) is 5.84 Å². The van der Waals surface area contributed by atoms with E-state index in [1.165, 1.54) is 18.9 Å². The summed E-state index contributed by atoms with van der Waals surface area (Å²) >= 11 is 0. The summed E-state index contributed by atoms with van der Waals surface area (Å²) in [7, 11) is 0. The van der Waals surface area contributed by atoms with Gasteiger partial charge in [-0.25, -0.2) is 15.8 Å². The van der Waals surface area contributed by atoms with Crippen molar-refractivity contribution in [3.63, 3.8) is 0 Å². The van der Waals surface area contributed by atoms with Gasteiger partial charge in [-0.1, -0.05) is 19.8 Å². The molecule has 1 aliphatic rings. The fraction of sp³-hybridized carbons (Fsp3) is 0.667. The molecule has 112 valence electrons. The molecule has 4 N–H and O–H groups in total. The van der Waals surface area contributed by atoms with Gasteiger partial charge in [-0.3, -0.25) is 0 Å². The fourth-order valence-electron chi connectivity index (χ4n) is 2.01. The van der Waals surface area contributed by atoms with Crippen molar-refractivity contribution in [2.75, 3.05) is 10.7 Å². The largest absolute Gasteiger partial charge is 0.451 e. The minimum absolute atomic E-state index is 0.0592. The van der Waals surface area contributed by atoms with E-state index in [-0.39, 0.29) is 17.7 Å². The van der Waals surface area contributed by atoms with Crippen molar-refractivity contribution >= 4 is 11.6 Å². The summed E-state index contributed by atoms with van der Waals surface area (Å²) < 4.78 is 38.1. The Balaban J connectivity index is 2.16. The van der Waals surface area contributed by atoms with E-state index >= 15 is 0 Å². The Labute approximate surface area is 115 Å². The number of hydrazine groups is 1. The van der Waals surface area contributed by atoms with E-state index in [1.54, 1.807) is 0 Å². The summed E-state index contributed by atoms with van der Waals surface area (Å²) in [6, 6.07) is 1.49. The Morgan fingerprint density at radius 1 is 1.35 bits per heavy atom. The van der Waals surface area contributed by atoms with Gasteiger partial charge in [0, 0.05) is 12.1 Å². The maximum atomic E-state index is 12.7. The molecular formula is C12H18F3N5. The number of rotatable bonds is 6. The fourth-order valence-corrected chi connectivity index (χ4v) is 2.01. The molecular weight excluding hydrogens is 271 g/mol. The second kappa shape index (κ2) is 5.82. The van der Waals surface area contributed by atoms with Crippen molar-refractivity contribution in [2.24, 2.45) is 11.8 Å². The van der Waals surface area contributed by atoms with Crippen molar-refractivity contribution in [3.05, 3.63) is 11.9 Å². The quantitative estimate of drug-likeness (QED) is 0.554. The lowest BCUT2D eigenvalue weighted by Gasteiger charge is -2.18. The van der Waals surface area contributed by atoms with Crippen LogP contribution < -0.4 is 16.6 Å². The van der Waals surface area contributed by atoms with Gasteiger partial charge in [0.15, 0.2) is 0 Å². The standard InChI is InChI=1S/C12H18F3N5/c1-2-8(5-7-3-4-7)17-9-6-10(20-16)19-11(18-9)12(13,14)15/h6-8H,2-5,16H2,1H3,(H2,17,18,19,20). The van der Waals surface area contributed by atoms with Gasteiger partial charge in [0.1, 0.15) is 11.6 Å². The Bertz CT molecular complexity index is 459. The molecule has 0 aliphatic heterocycles. The Morgan fingerprint density at radius 2 is 2.00 bits per heavy atom. The minimum Gasteiger partial charge on any atom is -0.367 e. The number of alkyl halides is 3. The first kappa shape index (κ1) is 14.8. The molecule has 0 amide bonds. The third-order valence-electron chi connectivity index (χ3n) is 3.29. The van der Waals surface area contributed by atoms with Crippen LogP contribution in [0.2, 0.25) is 0 Å². The second-order valence-electron chi connectivity index (χ2n) is 5.03. The first-order valence-electron chi connectivity index (χ1n) is 6.61. The van der Waals surface area contributed by atoms with Gasteiger partial charge >= 0.3 is 6.18 Å². The molecule has 1 aliphatic carbocycles. The van der Waals surface area contributed by atoms with E-state index in [0.717, 1.165) is 12.8 Å². The zero-order valence-electron chi connectivity index (χ0n) is 11.2. The van der Waals surface area contributed by atoms with Gasteiger partial charge in [-0.15, -0.1) is 0 Å². The van der Waals surface area contributed by atoms with Gasteiger partial charge in [-0.2, -0.15) is 13.2 Å². The van der Waals surface area contributed by atoms with E-state index in [0.29, 0.717) is 5.92 Å². The van der Waals surface area contributed by atoms with E-state index in [9.17, 15) is 13.2 Å². The number of nitrogens with zero attached hydrogens (tertiary/aromatic N) is 2. The highest BCUT2D eigenvalue weighted by atomic mass is 19.4. The molecule has 20 heavy (non-hydrogen) atoms. The molecule has 1 fully saturated rings. The van der Waals surface area contributed by atoms with Crippen molar-refractivity contribution in [3.8, 4) is 0 Å². The molecule has 8 heteroatoms. The van der Waals surface area contributed by atoms with Gasteiger partial charge in [0.05, 0.1) is 0 Å². The Kier molecular flexibility index (Phi) is 4.32. The first-order chi connectivity index (χ1) is 9.42. The van der Waals surface area contributed by atoms with Crippen LogP contribution in [0, 0.1) is 5.92 Å². The lowest BCUT2D eigenvalue weighted by atomic mass is 10.1. The molecule has 0 saturated heterocycles. The first-order valence-corrected chi connectivity index (χ1v) is 6.61. The van der Waals surface area contributed by atoms with Gasteiger partial charge in [-0.05, 0) is 18.8 Å². The number of nitrogens with two attached hydrogens (primary N) is 1. The predicted molar refractivity (Wildman–Crippen MR) is 69.9 cm³/mol. The van der Waals surface area contributed by atoms with Crippen LogP contribution in [-0.2, 0) is 6.18 Å². The van der Waals surface area contributed by atoms with Crippen LogP contribution in [0.4, 0.5) is 24.8 Å². The maximum absolute atomic E-state index is 12.7. The van der Waals surface area contributed by atoms with Crippen LogP contribution in [0.3, 0.4) is 0 Å². The number of aromatic nitrogens is 2. The third-order valence-corrected chi connectivity index (χ3v) is 3.29. The van der Waals surface area contributed by atoms with Crippen LogP contribution in [0.5, 0.6) is 0 Å². The number of hydrogen-bond acceptors (Lipinski definition) is 5. The SMILES string of the molecule is CCC(CC1CC1)Nc1cc(NN)nc(C(F)(F)F)n1. The van der Waals surface area contributed by atoms with Crippen molar-refractivity contribution in [1.29, 1.82) is 0 Å². The third kappa shape index (κ3) is 3.96. The molecule has 0 radical (unpaired) electrons. The Morgan fingerprint density at radius 3 is 2.50 bits per heavy atom. The van der Waals surface area contributed by atoms with Crippen LogP contribution in [0.1, 0.15) is 38.4 Å². The highest BCUT2D eigenvalue weighted by molar-refractivity contribution is 5.47.